The van der Waals surface area contributed by atoms with E-state index in [1.54, 1.807) is 0 Å². The Morgan fingerprint density at radius 1 is 1.24 bits per heavy atom. The molecule has 2 aromatic heterocycles. The van der Waals surface area contributed by atoms with Gasteiger partial charge < -0.3 is 41.5 Å². The van der Waals surface area contributed by atoms with Crippen molar-refractivity contribution >= 4 is 41.6 Å². The molecular formula is C18H27N7O7S. The van der Waals surface area contributed by atoms with E-state index in [0.717, 1.165) is 0 Å². The summed E-state index contributed by atoms with van der Waals surface area (Å²) >= 11 is 4.34. The summed E-state index contributed by atoms with van der Waals surface area (Å²) in [7, 11) is 0. The van der Waals surface area contributed by atoms with Gasteiger partial charge in [-0.25, -0.2) is 9.97 Å². The zero-order chi connectivity index (χ0) is 24.1. The number of rotatable bonds is 11. The first-order valence-corrected chi connectivity index (χ1v) is 10.7. The minimum Gasteiger partial charge on any atom is -0.481 e. The summed E-state index contributed by atoms with van der Waals surface area (Å²) in [5.74, 6) is -1.40. The monoisotopic (exact) mass is 485 g/mol. The zero-order valence-electron chi connectivity index (χ0n) is 17.5. The Bertz CT molecular complexity index is 990. The number of aliphatic carboxylic acids is 1. The zero-order valence-corrected chi connectivity index (χ0v) is 18.4. The van der Waals surface area contributed by atoms with Crippen molar-refractivity contribution in [2.75, 3.05) is 25.0 Å². The normalized spacial score (nSPS) is 23.5. The molecule has 0 aromatic carbocycles. The molecule has 3 rings (SSSR count). The first-order valence-electron chi connectivity index (χ1n) is 10.3. The van der Waals surface area contributed by atoms with Crippen LogP contribution in [0.15, 0.2) is 11.4 Å². The molecule has 5 atom stereocenters. The molecule has 0 aliphatic carbocycles. The number of unbranched alkanes of at least 4 members (excludes halogenated alkanes) is 1. The van der Waals surface area contributed by atoms with Gasteiger partial charge in [0, 0.05) is 13.1 Å². The number of carbonyl (C=O) groups excluding carboxylic acids is 1. The smallest absolute Gasteiger partial charge is 0.305 e. The number of thiol groups is 1. The van der Waals surface area contributed by atoms with Crippen LogP contribution in [-0.2, 0) is 14.3 Å². The number of aromatic nitrogens is 4. The first-order chi connectivity index (χ1) is 15.7. The number of carboxylic acid groups (broad SMARTS) is 1. The van der Waals surface area contributed by atoms with Crippen LogP contribution in [0.5, 0.6) is 0 Å². The second-order valence-corrected chi connectivity index (χ2v) is 7.98. The summed E-state index contributed by atoms with van der Waals surface area (Å²) in [6.07, 6.45) is -2.26. The van der Waals surface area contributed by atoms with Gasteiger partial charge in [0.05, 0.1) is 25.4 Å². The van der Waals surface area contributed by atoms with Crippen LogP contribution in [0.25, 0.3) is 11.2 Å². The van der Waals surface area contributed by atoms with Crippen LogP contribution < -0.4 is 16.4 Å². The van der Waals surface area contributed by atoms with Gasteiger partial charge in [0.25, 0.3) is 0 Å². The maximum atomic E-state index is 11.7. The van der Waals surface area contributed by atoms with E-state index in [4.69, 9.17) is 15.6 Å². The van der Waals surface area contributed by atoms with Crippen molar-refractivity contribution in [2.45, 2.75) is 54.9 Å². The molecular weight excluding hydrogens is 458 g/mol. The van der Waals surface area contributed by atoms with Crippen molar-refractivity contribution in [3.8, 4) is 0 Å². The minimum absolute atomic E-state index is 0.258. The standard InChI is InChI=1S/C18H27N7O7S/c19-8(5-10(27)28)15(31)20-3-1-2-4-21-18-23-14-11(16(33)24-18)22-7-25(14)17-13(30)12(29)9(6-26)32-17/h7-9,12-13,17,26,29-30H,1-6,19H2,(H,20,31)(H,27,28)(H2,21,23,24,33)/t8?,9-,12?,13+,17-/m1/s1. The number of aliphatic hydroxyl groups is 3. The summed E-state index contributed by atoms with van der Waals surface area (Å²) in [6.45, 7) is 0.355. The summed E-state index contributed by atoms with van der Waals surface area (Å²) < 4.78 is 6.99. The number of fused-ring (bicyclic) bond motifs is 1. The molecule has 2 unspecified atom stereocenters. The fraction of sp³-hybridized carbons (Fsp3) is 0.611. The fourth-order valence-corrected chi connectivity index (χ4v) is 3.60. The highest BCUT2D eigenvalue weighted by Gasteiger charge is 2.44. The predicted molar refractivity (Wildman–Crippen MR) is 117 cm³/mol. The number of carbonyl (C=O) groups is 2. The summed E-state index contributed by atoms with van der Waals surface area (Å²) in [4.78, 5) is 35.1. The number of nitrogens with zero attached hydrogens (tertiary/aromatic N) is 4. The van der Waals surface area contributed by atoms with Gasteiger partial charge in [0.15, 0.2) is 11.9 Å². The Balaban J connectivity index is 1.55. The molecule has 0 radical (unpaired) electrons. The summed E-state index contributed by atoms with van der Waals surface area (Å²) in [6, 6.07) is -1.09. The van der Waals surface area contributed by atoms with E-state index in [2.05, 4.69) is 38.2 Å². The number of aliphatic hydroxyl groups excluding tert-OH is 3. The second kappa shape index (κ2) is 11.0. The molecule has 14 nitrogen and oxygen atoms in total. The van der Waals surface area contributed by atoms with Gasteiger partial charge in [-0.1, -0.05) is 0 Å². The van der Waals surface area contributed by atoms with Crippen LogP contribution >= 0.6 is 12.6 Å². The van der Waals surface area contributed by atoms with Crippen LogP contribution in [0.4, 0.5) is 5.95 Å². The van der Waals surface area contributed by atoms with E-state index >= 15 is 0 Å². The van der Waals surface area contributed by atoms with Crippen molar-refractivity contribution < 1.29 is 34.8 Å². The van der Waals surface area contributed by atoms with Gasteiger partial charge >= 0.3 is 5.97 Å². The van der Waals surface area contributed by atoms with Crippen molar-refractivity contribution in [3.05, 3.63) is 6.33 Å². The van der Waals surface area contributed by atoms with E-state index in [-0.39, 0.29) is 5.95 Å². The number of anilines is 1. The number of amides is 1. The van der Waals surface area contributed by atoms with Crippen molar-refractivity contribution in [1.29, 1.82) is 0 Å². The van der Waals surface area contributed by atoms with Gasteiger partial charge in [-0.15, -0.1) is 12.6 Å². The van der Waals surface area contributed by atoms with Gasteiger partial charge in [0.2, 0.25) is 11.9 Å². The number of hydrogen-bond donors (Lipinski definition) is 8. The molecule has 1 saturated heterocycles. The van der Waals surface area contributed by atoms with E-state index in [0.29, 0.717) is 42.1 Å². The maximum absolute atomic E-state index is 11.7. The lowest BCUT2D eigenvalue weighted by molar-refractivity contribution is -0.139. The lowest BCUT2D eigenvalue weighted by Gasteiger charge is -2.16. The van der Waals surface area contributed by atoms with Crippen molar-refractivity contribution in [2.24, 2.45) is 5.73 Å². The Hall–Kier alpha value is -2.56. The van der Waals surface area contributed by atoms with Crippen LogP contribution in [0, 0.1) is 0 Å². The Morgan fingerprint density at radius 2 is 1.97 bits per heavy atom. The lowest BCUT2D eigenvalue weighted by atomic mass is 10.1. The molecule has 8 N–H and O–H groups in total. The molecule has 1 fully saturated rings. The van der Waals surface area contributed by atoms with Crippen LogP contribution in [0.2, 0.25) is 0 Å². The quantitative estimate of drug-likeness (QED) is 0.0969. The van der Waals surface area contributed by atoms with E-state index < -0.39 is 55.5 Å². The third kappa shape index (κ3) is 5.87. The highest BCUT2D eigenvalue weighted by atomic mass is 32.1. The molecule has 1 aliphatic heterocycles. The predicted octanol–water partition coefficient (Wildman–Crippen LogP) is -2.16. The number of hydrogen-bond acceptors (Lipinski definition) is 12. The van der Waals surface area contributed by atoms with Crippen LogP contribution in [-0.4, -0.2) is 95.9 Å². The number of imidazole rings is 1. The number of nitrogens with one attached hydrogen (secondary N) is 2. The molecule has 1 amide bonds. The highest BCUT2D eigenvalue weighted by Crippen LogP contribution is 2.32. The van der Waals surface area contributed by atoms with Crippen LogP contribution in [0.1, 0.15) is 25.5 Å². The molecule has 0 bridgehead atoms. The third-order valence-corrected chi connectivity index (χ3v) is 5.42. The number of carboxylic acids is 1. The van der Waals surface area contributed by atoms with Gasteiger partial charge in [-0.05, 0) is 12.8 Å². The van der Waals surface area contributed by atoms with Gasteiger partial charge in [0.1, 0.15) is 28.9 Å². The van der Waals surface area contributed by atoms with Crippen LogP contribution in [0.3, 0.4) is 0 Å². The highest BCUT2D eigenvalue weighted by molar-refractivity contribution is 7.80. The molecule has 15 heteroatoms. The Morgan fingerprint density at radius 3 is 2.64 bits per heavy atom. The van der Waals surface area contributed by atoms with E-state index in [9.17, 15) is 24.9 Å². The van der Waals surface area contributed by atoms with Crippen molar-refractivity contribution in [1.82, 2.24) is 24.8 Å². The number of ether oxygens (including phenoxy) is 1. The van der Waals surface area contributed by atoms with Gasteiger partial charge in [-0.2, -0.15) is 4.98 Å². The van der Waals surface area contributed by atoms with Gasteiger partial charge in [-0.3, -0.25) is 14.2 Å². The maximum Gasteiger partial charge on any atom is 0.305 e. The third-order valence-electron chi connectivity index (χ3n) is 5.11. The average Bonchev–Trinajstić information content (AvgIpc) is 3.31. The summed E-state index contributed by atoms with van der Waals surface area (Å²) in [5, 5.41) is 44.2. The Labute approximate surface area is 193 Å². The molecule has 33 heavy (non-hydrogen) atoms. The molecule has 0 spiro atoms. The average molecular weight is 486 g/mol. The molecule has 3 heterocycles. The molecule has 1 aliphatic rings. The molecule has 0 saturated carbocycles. The largest absolute Gasteiger partial charge is 0.481 e. The summed E-state index contributed by atoms with van der Waals surface area (Å²) in [5.41, 5.74) is 6.19. The van der Waals surface area contributed by atoms with Crippen molar-refractivity contribution in [3.63, 3.8) is 0 Å². The second-order valence-electron chi connectivity index (χ2n) is 7.55. The van der Waals surface area contributed by atoms with E-state index in [1.807, 2.05) is 0 Å². The van der Waals surface area contributed by atoms with E-state index in [1.165, 1.54) is 10.9 Å². The first kappa shape index (κ1) is 25.1. The molecule has 182 valence electrons. The fourth-order valence-electron chi connectivity index (χ4n) is 3.35. The number of nitrogens with two attached hydrogens (primary N) is 1. The SMILES string of the molecule is NC(CC(=O)O)C(=O)NCCCCNc1nc(S)c2ncn([C@@H]3O[C@H](CO)C(O)[C@@H]3O)c2n1. The topological polar surface area (TPSA) is 218 Å². The minimum atomic E-state index is -1.28. The Kier molecular flexibility index (Phi) is 8.39. The lowest BCUT2D eigenvalue weighted by Crippen LogP contribution is -2.42. The molecule has 2 aromatic rings.